The van der Waals surface area contributed by atoms with E-state index in [1.807, 2.05) is 0 Å². The first kappa shape index (κ1) is 6.22. The summed E-state index contributed by atoms with van der Waals surface area (Å²) in [6.45, 7) is 0. The van der Waals surface area contributed by atoms with E-state index in [9.17, 15) is 9.18 Å². The quantitative estimate of drug-likeness (QED) is 0.550. The maximum Gasteiger partial charge on any atom is 0.280 e. The van der Waals surface area contributed by atoms with Crippen LogP contribution in [0.25, 0.3) is 0 Å². The number of halogens is 1. The number of hydrogen-bond acceptors (Lipinski definition) is 1. The normalized spacial score (nSPS) is 14.6. The second-order valence-electron chi connectivity index (χ2n) is 2.25. The molecule has 3 heteroatoms. The van der Waals surface area contributed by atoms with Crippen LogP contribution in [0.4, 0.5) is 4.39 Å². The third kappa shape index (κ3) is 0.774. The van der Waals surface area contributed by atoms with Crippen molar-refractivity contribution < 1.29 is 9.18 Å². The van der Waals surface area contributed by atoms with Crippen LogP contribution >= 0.6 is 0 Å². The van der Waals surface area contributed by atoms with Gasteiger partial charge < -0.3 is 0 Å². The maximum absolute atomic E-state index is 12.7. The molecule has 0 aromatic heterocycles. The van der Waals surface area contributed by atoms with E-state index >= 15 is 0 Å². The van der Waals surface area contributed by atoms with Crippen LogP contribution in [0.3, 0.4) is 0 Å². The fourth-order valence-corrected chi connectivity index (χ4v) is 1.06. The SMILES string of the molecule is O=C1N=C(F)c2ccccc21. The van der Waals surface area contributed by atoms with E-state index in [4.69, 9.17) is 0 Å². The van der Waals surface area contributed by atoms with E-state index < -0.39 is 11.9 Å². The molecular weight excluding hydrogens is 145 g/mol. The first-order valence-corrected chi connectivity index (χ1v) is 3.17. The molecular formula is C8H4FNO. The lowest BCUT2D eigenvalue weighted by Gasteiger charge is -1.91. The second-order valence-corrected chi connectivity index (χ2v) is 2.25. The van der Waals surface area contributed by atoms with Gasteiger partial charge in [-0.25, -0.2) is 0 Å². The number of carbonyl (C=O) groups excluding carboxylic acids is 1. The van der Waals surface area contributed by atoms with Gasteiger partial charge in [0.1, 0.15) is 0 Å². The highest BCUT2D eigenvalue weighted by atomic mass is 19.1. The number of fused-ring (bicyclic) bond motifs is 1. The molecule has 0 bridgehead atoms. The van der Waals surface area contributed by atoms with E-state index in [0.29, 0.717) is 11.1 Å². The van der Waals surface area contributed by atoms with Gasteiger partial charge in [0.05, 0.1) is 5.56 Å². The molecule has 2 rings (SSSR count). The largest absolute Gasteiger partial charge is 0.280 e. The number of amides is 1. The van der Waals surface area contributed by atoms with Gasteiger partial charge in [-0.2, -0.15) is 9.38 Å². The summed E-state index contributed by atoms with van der Waals surface area (Å²) in [6, 6.07) is 6.46. The van der Waals surface area contributed by atoms with Gasteiger partial charge in [0.25, 0.3) is 5.91 Å². The molecule has 54 valence electrons. The zero-order chi connectivity index (χ0) is 7.84. The second kappa shape index (κ2) is 1.99. The van der Waals surface area contributed by atoms with Crippen molar-refractivity contribution in [1.29, 1.82) is 0 Å². The molecule has 1 amide bonds. The topological polar surface area (TPSA) is 29.4 Å². The third-order valence-corrected chi connectivity index (χ3v) is 1.58. The van der Waals surface area contributed by atoms with Gasteiger partial charge in [-0.15, -0.1) is 0 Å². The summed E-state index contributed by atoms with van der Waals surface area (Å²) in [7, 11) is 0. The fourth-order valence-electron chi connectivity index (χ4n) is 1.06. The summed E-state index contributed by atoms with van der Waals surface area (Å²) >= 11 is 0. The summed E-state index contributed by atoms with van der Waals surface area (Å²) in [5.74, 6) is -1.16. The Bertz CT molecular complexity index is 357. The van der Waals surface area contributed by atoms with Crippen LogP contribution < -0.4 is 0 Å². The third-order valence-electron chi connectivity index (χ3n) is 1.58. The molecule has 1 aliphatic rings. The maximum atomic E-state index is 12.7. The molecule has 11 heavy (non-hydrogen) atoms. The minimum atomic E-state index is -0.675. The van der Waals surface area contributed by atoms with Crippen molar-refractivity contribution in [2.45, 2.75) is 0 Å². The number of hydrogen-bond donors (Lipinski definition) is 0. The van der Waals surface area contributed by atoms with Gasteiger partial charge in [0.15, 0.2) is 0 Å². The number of aliphatic imine (C=N–C) groups is 1. The van der Waals surface area contributed by atoms with Crippen LogP contribution in [-0.2, 0) is 0 Å². The molecule has 0 fully saturated rings. The lowest BCUT2D eigenvalue weighted by molar-refractivity contribution is 0.101. The van der Waals surface area contributed by atoms with Crippen LogP contribution in [0, 0.1) is 0 Å². The molecule has 0 radical (unpaired) electrons. The molecule has 2 nitrogen and oxygen atoms in total. The van der Waals surface area contributed by atoms with Gasteiger partial charge in [-0.05, 0) is 12.1 Å². The average molecular weight is 149 g/mol. The Balaban J connectivity index is 2.71. The Labute approximate surface area is 62.4 Å². The van der Waals surface area contributed by atoms with Crippen LogP contribution in [0.2, 0.25) is 0 Å². The summed E-state index contributed by atoms with van der Waals surface area (Å²) in [5.41, 5.74) is 0.655. The molecule has 0 saturated heterocycles. The smallest absolute Gasteiger partial charge is 0.267 e. The molecule has 0 unspecified atom stereocenters. The van der Waals surface area contributed by atoms with Gasteiger partial charge in [0.2, 0.25) is 5.97 Å². The molecule has 0 aliphatic carbocycles. The van der Waals surface area contributed by atoms with Gasteiger partial charge in [-0.3, -0.25) is 4.79 Å². The van der Waals surface area contributed by atoms with Crippen molar-refractivity contribution in [3.05, 3.63) is 35.4 Å². The predicted octanol–water partition coefficient (Wildman–Crippen LogP) is 1.56. The van der Waals surface area contributed by atoms with Crippen molar-refractivity contribution in [3.63, 3.8) is 0 Å². The monoisotopic (exact) mass is 149 g/mol. The van der Waals surface area contributed by atoms with Gasteiger partial charge in [-0.1, -0.05) is 12.1 Å². The molecule has 1 aromatic carbocycles. The molecule has 1 aliphatic heterocycles. The zero-order valence-electron chi connectivity index (χ0n) is 5.54. The summed E-state index contributed by atoms with van der Waals surface area (Å²) in [6.07, 6.45) is 0. The van der Waals surface area contributed by atoms with Crippen LogP contribution in [-0.4, -0.2) is 11.9 Å². The van der Waals surface area contributed by atoms with E-state index in [-0.39, 0.29) is 0 Å². The highest BCUT2D eigenvalue weighted by molar-refractivity contribution is 6.17. The Morgan fingerprint density at radius 2 is 1.82 bits per heavy atom. The zero-order valence-corrected chi connectivity index (χ0v) is 5.54. The van der Waals surface area contributed by atoms with Crippen LogP contribution in [0.1, 0.15) is 15.9 Å². The highest BCUT2D eigenvalue weighted by Crippen LogP contribution is 2.18. The Kier molecular flexibility index (Phi) is 1.12. The number of nitrogens with zero attached hydrogens (tertiary/aromatic N) is 1. The van der Waals surface area contributed by atoms with Crippen molar-refractivity contribution in [2.75, 3.05) is 0 Å². The molecule has 0 N–H and O–H groups in total. The van der Waals surface area contributed by atoms with Crippen LogP contribution in [0.15, 0.2) is 29.3 Å². The lowest BCUT2D eigenvalue weighted by Crippen LogP contribution is -1.91. The summed E-state index contributed by atoms with van der Waals surface area (Å²) < 4.78 is 12.7. The standard InChI is InChI=1S/C8H4FNO/c9-7-5-3-1-2-4-6(5)8(11)10-7/h1-4H. The minimum absolute atomic E-state index is 0.303. The first-order chi connectivity index (χ1) is 5.29. The number of carbonyl (C=O) groups is 1. The summed E-state index contributed by atoms with van der Waals surface area (Å²) in [5, 5.41) is 0. The Morgan fingerprint density at radius 1 is 1.18 bits per heavy atom. The summed E-state index contributed by atoms with van der Waals surface area (Å²) in [4.78, 5) is 14.0. The van der Waals surface area contributed by atoms with Crippen molar-refractivity contribution in [1.82, 2.24) is 0 Å². The average Bonchev–Trinajstić information content (AvgIpc) is 2.30. The van der Waals surface area contributed by atoms with Gasteiger partial charge >= 0.3 is 0 Å². The molecule has 0 spiro atoms. The Hall–Kier alpha value is -1.51. The van der Waals surface area contributed by atoms with Crippen molar-refractivity contribution in [3.8, 4) is 0 Å². The Morgan fingerprint density at radius 3 is 2.45 bits per heavy atom. The molecule has 1 aromatic rings. The molecule has 0 atom stereocenters. The van der Waals surface area contributed by atoms with Crippen molar-refractivity contribution in [2.24, 2.45) is 4.99 Å². The van der Waals surface area contributed by atoms with E-state index in [1.165, 1.54) is 0 Å². The minimum Gasteiger partial charge on any atom is -0.267 e. The first-order valence-electron chi connectivity index (χ1n) is 3.17. The lowest BCUT2D eigenvalue weighted by atomic mass is 10.1. The highest BCUT2D eigenvalue weighted by Gasteiger charge is 2.21. The predicted molar refractivity (Wildman–Crippen MR) is 38.4 cm³/mol. The molecule has 0 saturated carbocycles. The van der Waals surface area contributed by atoms with E-state index in [1.54, 1.807) is 24.3 Å². The van der Waals surface area contributed by atoms with Gasteiger partial charge in [0, 0.05) is 5.56 Å². The number of rotatable bonds is 0. The van der Waals surface area contributed by atoms with Crippen LogP contribution in [0.5, 0.6) is 0 Å². The molecule has 1 heterocycles. The van der Waals surface area contributed by atoms with E-state index in [2.05, 4.69) is 4.99 Å². The van der Waals surface area contributed by atoms with Crippen molar-refractivity contribution >= 4 is 11.9 Å². The number of benzene rings is 1. The fraction of sp³-hybridized carbons (Fsp3) is 0. The van der Waals surface area contributed by atoms with E-state index in [0.717, 1.165) is 0 Å².